The fourth-order valence-corrected chi connectivity index (χ4v) is 4.47. The molecule has 1 aromatic carbocycles. The summed E-state index contributed by atoms with van der Waals surface area (Å²) >= 11 is 0. The second-order valence-corrected chi connectivity index (χ2v) is 11.5. The molecule has 1 aromatic rings. The summed E-state index contributed by atoms with van der Waals surface area (Å²) in [4.78, 5) is 65.8. The first-order chi connectivity index (χ1) is 20.3. The fourth-order valence-electron chi connectivity index (χ4n) is 4.47. The largest absolute Gasteiger partial charge is 0.466 e. The van der Waals surface area contributed by atoms with Crippen LogP contribution in [0.1, 0.15) is 110 Å². The number of nitrogens with zero attached hydrogens (tertiary/aromatic N) is 1. The summed E-state index contributed by atoms with van der Waals surface area (Å²) in [5, 5.41) is 5.39. The predicted octanol–water partition coefficient (Wildman–Crippen LogP) is 4.32. The number of ether oxygens (including phenoxy) is 2. The van der Waals surface area contributed by atoms with Crippen LogP contribution in [0, 0.1) is 0 Å². The Morgan fingerprint density at radius 2 is 1.58 bits per heavy atom. The standard InChI is InChI=1S/C32H52N4O7/c1-7-10-11-12-13-22-36(30(40)25(18-19-26(33)37)35-31(41)43-32(4,5)6)28(24-16-14-23(8-2)15-17-24)29(39)34-21-20-27(38)42-9-3/h14-17,25,28H,7-13,18-22H2,1-6H3,(H2,33,37)(H,34,39)(H,35,41). The molecule has 0 bridgehead atoms. The number of benzene rings is 1. The smallest absolute Gasteiger partial charge is 0.408 e. The average Bonchev–Trinajstić information content (AvgIpc) is 2.93. The van der Waals surface area contributed by atoms with Crippen LogP contribution in [-0.2, 0) is 35.1 Å². The Morgan fingerprint density at radius 1 is 0.930 bits per heavy atom. The molecule has 0 aliphatic rings. The Morgan fingerprint density at radius 3 is 2.14 bits per heavy atom. The van der Waals surface area contributed by atoms with Crippen LogP contribution in [0.2, 0.25) is 0 Å². The van der Waals surface area contributed by atoms with Gasteiger partial charge in [0.1, 0.15) is 17.7 Å². The van der Waals surface area contributed by atoms with Crippen LogP contribution in [0.4, 0.5) is 4.79 Å². The number of unbranched alkanes of at least 4 members (excludes halogenated alkanes) is 4. The molecular formula is C32H52N4O7. The molecule has 0 saturated heterocycles. The zero-order valence-electron chi connectivity index (χ0n) is 26.8. The Balaban J connectivity index is 3.48. The number of primary amides is 1. The summed E-state index contributed by atoms with van der Waals surface area (Å²) < 4.78 is 10.4. The molecule has 0 aliphatic carbocycles. The second kappa shape index (κ2) is 19.5. The van der Waals surface area contributed by atoms with Gasteiger partial charge in [-0.25, -0.2) is 4.79 Å². The van der Waals surface area contributed by atoms with E-state index >= 15 is 0 Å². The van der Waals surface area contributed by atoms with Crippen LogP contribution in [0.25, 0.3) is 0 Å². The molecule has 4 N–H and O–H groups in total. The summed E-state index contributed by atoms with van der Waals surface area (Å²) in [5.74, 6) is -2.07. The first kappa shape index (κ1) is 37.4. The summed E-state index contributed by atoms with van der Waals surface area (Å²) in [6, 6.07) is 5.21. The quantitative estimate of drug-likeness (QED) is 0.157. The van der Waals surface area contributed by atoms with Crippen molar-refractivity contribution >= 4 is 29.8 Å². The Kier molecular flexibility index (Phi) is 17.0. The summed E-state index contributed by atoms with van der Waals surface area (Å²) in [6.45, 7) is 11.4. The van der Waals surface area contributed by atoms with Gasteiger partial charge in [0.05, 0.1) is 13.0 Å². The van der Waals surface area contributed by atoms with Crippen molar-refractivity contribution in [3.05, 3.63) is 35.4 Å². The predicted molar refractivity (Wildman–Crippen MR) is 165 cm³/mol. The number of aryl methyl sites for hydroxylation is 1. The average molecular weight is 605 g/mol. The maximum atomic E-state index is 14.2. The lowest BCUT2D eigenvalue weighted by Gasteiger charge is -2.34. The number of esters is 1. The van der Waals surface area contributed by atoms with E-state index in [0.717, 1.165) is 37.7 Å². The van der Waals surface area contributed by atoms with Gasteiger partial charge < -0.3 is 30.7 Å². The molecule has 0 fully saturated rings. The number of hydrogen-bond donors (Lipinski definition) is 3. The Labute approximate surface area is 256 Å². The molecule has 0 spiro atoms. The monoisotopic (exact) mass is 604 g/mol. The number of nitrogens with one attached hydrogen (secondary N) is 2. The van der Waals surface area contributed by atoms with Crippen molar-refractivity contribution in [2.75, 3.05) is 19.7 Å². The zero-order valence-corrected chi connectivity index (χ0v) is 26.8. The van der Waals surface area contributed by atoms with Crippen molar-refractivity contribution in [2.45, 2.75) is 117 Å². The van der Waals surface area contributed by atoms with Gasteiger partial charge in [0.25, 0.3) is 0 Å². The van der Waals surface area contributed by atoms with Gasteiger partial charge in [-0.2, -0.15) is 0 Å². The fraction of sp³-hybridized carbons (Fsp3) is 0.656. The maximum Gasteiger partial charge on any atom is 0.408 e. The minimum Gasteiger partial charge on any atom is -0.466 e. The second-order valence-electron chi connectivity index (χ2n) is 11.5. The lowest BCUT2D eigenvalue weighted by molar-refractivity contribution is -0.144. The van der Waals surface area contributed by atoms with E-state index in [1.807, 2.05) is 31.2 Å². The zero-order chi connectivity index (χ0) is 32.4. The lowest BCUT2D eigenvalue weighted by atomic mass is 9.99. The van der Waals surface area contributed by atoms with Crippen LogP contribution in [0.15, 0.2) is 24.3 Å². The van der Waals surface area contributed by atoms with Gasteiger partial charge in [0, 0.05) is 19.5 Å². The van der Waals surface area contributed by atoms with E-state index < -0.39 is 47.5 Å². The van der Waals surface area contributed by atoms with E-state index in [4.69, 9.17) is 15.2 Å². The number of carbonyl (C=O) groups is 5. The SMILES string of the molecule is CCCCCCCN(C(=O)C(CCC(N)=O)NC(=O)OC(C)(C)C)C(C(=O)NCCC(=O)OCC)c1ccc(CC)cc1. The molecule has 2 unspecified atom stereocenters. The highest BCUT2D eigenvalue weighted by atomic mass is 16.6. The third kappa shape index (κ3) is 14.9. The van der Waals surface area contributed by atoms with Gasteiger partial charge in [-0.3, -0.25) is 19.2 Å². The van der Waals surface area contributed by atoms with Crippen LogP contribution in [-0.4, -0.2) is 66.0 Å². The normalized spacial score (nSPS) is 12.5. The van der Waals surface area contributed by atoms with Gasteiger partial charge in [0.2, 0.25) is 17.7 Å². The highest BCUT2D eigenvalue weighted by molar-refractivity contribution is 5.92. The minimum atomic E-state index is -1.16. The van der Waals surface area contributed by atoms with E-state index in [-0.39, 0.29) is 39.0 Å². The van der Waals surface area contributed by atoms with Crippen molar-refractivity contribution in [1.29, 1.82) is 0 Å². The van der Waals surface area contributed by atoms with Gasteiger partial charge in [-0.1, -0.05) is 63.8 Å². The van der Waals surface area contributed by atoms with Gasteiger partial charge >= 0.3 is 12.1 Å². The molecule has 11 heteroatoms. The van der Waals surface area contributed by atoms with Crippen LogP contribution >= 0.6 is 0 Å². The van der Waals surface area contributed by atoms with E-state index in [1.165, 1.54) is 4.90 Å². The molecule has 11 nitrogen and oxygen atoms in total. The molecule has 0 aliphatic heterocycles. The molecule has 4 amide bonds. The van der Waals surface area contributed by atoms with Crippen molar-refractivity contribution in [3.63, 3.8) is 0 Å². The molecule has 0 heterocycles. The van der Waals surface area contributed by atoms with E-state index in [1.54, 1.807) is 27.7 Å². The summed E-state index contributed by atoms with van der Waals surface area (Å²) in [7, 11) is 0. The molecule has 0 radical (unpaired) electrons. The van der Waals surface area contributed by atoms with Crippen molar-refractivity contribution in [1.82, 2.24) is 15.5 Å². The topological polar surface area (TPSA) is 157 Å². The Hall–Kier alpha value is -3.63. The maximum absolute atomic E-state index is 14.2. The van der Waals surface area contributed by atoms with E-state index in [2.05, 4.69) is 17.6 Å². The van der Waals surface area contributed by atoms with E-state index in [9.17, 15) is 24.0 Å². The van der Waals surface area contributed by atoms with Crippen molar-refractivity contribution < 1.29 is 33.4 Å². The van der Waals surface area contributed by atoms with Gasteiger partial charge in [-0.05, 0) is 58.1 Å². The van der Waals surface area contributed by atoms with Crippen molar-refractivity contribution in [2.24, 2.45) is 5.73 Å². The summed E-state index contributed by atoms with van der Waals surface area (Å²) in [6.07, 6.45) is 4.28. The molecule has 43 heavy (non-hydrogen) atoms. The number of amides is 4. The highest BCUT2D eigenvalue weighted by Gasteiger charge is 2.36. The Bertz CT molecular complexity index is 1040. The third-order valence-corrected chi connectivity index (χ3v) is 6.65. The number of alkyl carbamates (subject to hydrolysis) is 1. The molecule has 0 aromatic heterocycles. The molecular weight excluding hydrogens is 552 g/mol. The van der Waals surface area contributed by atoms with Gasteiger partial charge in [0.15, 0.2) is 0 Å². The number of rotatable bonds is 19. The van der Waals surface area contributed by atoms with Crippen LogP contribution < -0.4 is 16.4 Å². The van der Waals surface area contributed by atoms with Crippen LogP contribution in [0.3, 0.4) is 0 Å². The summed E-state index contributed by atoms with van der Waals surface area (Å²) in [5.41, 5.74) is 6.22. The van der Waals surface area contributed by atoms with Gasteiger partial charge in [-0.15, -0.1) is 0 Å². The first-order valence-electron chi connectivity index (χ1n) is 15.4. The molecule has 1 rings (SSSR count). The number of carbonyl (C=O) groups excluding carboxylic acids is 5. The first-order valence-corrected chi connectivity index (χ1v) is 15.4. The van der Waals surface area contributed by atoms with Crippen molar-refractivity contribution in [3.8, 4) is 0 Å². The molecule has 2 atom stereocenters. The van der Waals surface area contributed by atoms with Crippen LogP contribution in [0.5, 0.6) is 0 Å². The molecule has 242 valence electrons. The third-order valence-electron chi connectivity index (χ3n) is 6.65. The minimum absolute atomic E-state index is 0.0204. The number of hydrogen-bond acceptors (Lipinski definition) is 7. The van der Waals surface area contributed by atoms with E-state index in [0.29, 0.717) is 12.0 Å². The molecule has 0 saturated carbocycles. The number of nitrogens with two attached hydrogens (primary N) is 1. The lowest BCUT2D eigenvalue weighted by Crippen LogP contribution is -2.53. The highest BCUT2D eigenvalue weighted by Crippen LogP contribution is 2.25.